The van der Waals surface area contributed by atoms with Crippen molar-refractivity contribution in [1.82, 2.24) is 4.90 Å². The van der Waals surface area contributed by atoms with Gasteiger partial charge in [-0.3, -0.25) is 14.5 Å². The van der Waals surface area contributed by atoms with E-state index in [9.17, 15) is 9.59 Å². The van der Waals surface area contributed by atoms with E-state index in [0.717, 1.165) is 0 Å². The Morgan fingerprint density at radius 3 is 2.95 bits per heavy atom. The molecule has 1 N–H and O–H groups in total. The summed E-state index contributed by atoms with van der Waals surface area (Å²) in [6.45, 7) is 2.46. The molecule has 2 heterocycles. The summed E-state index contributed by atoms with van der Waals surface area (Å²) in [7, 11) is 0. The average Bonchev–Trinajstić information content (AvgIpc) is 3.04. The Bertz CT molecular complexity index is 661. The molecule has 1 unspecified atom stereocenters. The summed E-state index contributed by atoms with van der Waals surface area (Å²) >= 11 is 1.18. The van der Waals surface area contributed by atoms with Crippen molar-refractivity contribution in [3.05, 3.63) is 18.2 Å². The number of nitrogens with zero attached hydrogens (tertiary/aromatic N) is 2. The number of carbonyl (C=O) groups excluding carboxylic acids is 1. The second kappa shape index (κ2) is 5.88. The number of aliphatic imine (C=N–C) groups is 1. The van der Waals surface area contributed by atoms with E-state index in [1.54, 1.807) is 18.2 Å². The van der Waals surface area contributed by atoms with Crippen molar-refractivity contribution in [3.8, 4) is 11.5 Å². The second-order valence-electron chi connectivity index (χ2n) is 4.72. The topological polar surface area (TPSA) is 88.4 Å². The molecule has 1 aromatic rings. The normalized spacial score (nSPS) is 21.7. The maximum Gasteiger partial charge on any atom is 0.305 e. The Morgan fingerprint density at radius 2 is 2.23 bits per heavy atom. The minimum Gasteiger partial charge on any atom is -0.481 e. The Hall–Kier alpha value is -2.22. The number of hydrogen-bond donors (Lipinski definition) is 1. The molecule has 8 heteroatoms. The van der Waals surface area contributed by atoms with E-state index in [1.807, 2.05) is 6.92 Å². The van der Waals surface area contributed by atoms with Crippen LogP contribution in [0.25, 0.3) is 0 Å². The van der Waals surface area contributed by atoms with Crippen LogP contribution >= 0.6 is 11.8 Å². The van der Waals surface area contributed by atoms with Crippen LogP contribution in [0.1, 0.15) is 13.3 Å². The van der Waals surface area contributed by atoms with E-state index >= 15 is 0 Å². The maximum absolute atomic E-state index is 12.2. The Balaban J connectivity index is 1.86. The first-order valence-corrected chi connectivity index (χ1v) is 7.64. The van der Waals surface area contributed by atoms with Crippen molar-refractivity contribution in [2.24, 2.45) is 4.99 Å². The Morgan fingerprint density at radius 1 is 1.45 bits per heavy atom. The molecule has 1 fully saturated rings. The Kier molecular flexibility index (Phi) is 3.93. The number of ether oxygens (including phenoxy) is 2. The number of carbonyl (C=O) groups is 2. The van der Waals surface area contributed by atoms with E-state index in [4.69, 9.17) is 14.6 Å². The first-order chi connectivity index (χ1) is 10.6. The lowest BCUT2D eigenvalue weighted by Crippen LogP contribution is -2.32. The van der Waals surface area contributed by atoms with Crippen LogP contribution < -0.4 is 9.47 Å². The summed E-state index contributed by atoms with van der Waals surface area (Å²) in [5.74, 6) is 0.0668. The highest BCUT2D eigenvalue weighted by atomic mass is 32.2. The summed E-state index contributed by atoms with van der Waals surface area (Å²) < 4.78 is 10.5. The van der Waals surface area contributed by atoms with Gasteiger partial charge in [-0.2, -0.15) is 0 Å². The number of hydrogen-bond acceptors (Lipinski definition) is 6. The summed E-state index contributed by atoms with van der Waals surface area (Å²) in [6, 6.07) is 5.26. The van der Waals surface area contributed by atoms with E-state index < -0.39 is 11.2 Å². The summed E-state index contributed by atoms with van der Waals surface area (Å²) in [4.78, 5) is 29.0. The van der Waals surface area contributed by atoms with Crippen LogP contribution in [0.2, 0.25) is 0 Å². The van der Waals surface area contributed by atoms with Gasteiger partial charge in [0.15, 0.2) is 16.7 Å². The third-order valence-electron chi connectivity index (χ3n) is 3.28. The summed E-state index contributed by atoms with van der Waals surface area (Å²) in [5, 5.41) is 8.77. The molecule has 0 spiro atoms. The molecule has 0 aromatic heterocycles. The first kappa shape index (κ1) is 14.7. The van der Waals surface area contributed by atoms with E-state index in [2.05, 4.69) is 4.99 Å². The third-order valence-corrected chi connectivity index (χ3v) is 4.45. The summed E-state index contributed by atoms with van der Waals surface area (Å²) in [5.41, 5.74) is 0.633. The van der Waals surface area contributed by atoms with Gasteiger partial charge in [0.2, 0.25) is 12.7 Å². The molecule has 0 bridgehead atoms. The number of fused-ring (bicyclic) bond motifs is 1. The minimum atomic E-state index is -0.994. The fourth-order valence-corrected chi connectivity index (χ4v) is 3.45. The molecule has 0 radical (unpaired) electrons. The van der Waals surface area contributed by atoms with E-state index in [-0.39, 0.29) is 19.1 Å². The van der Waals surface area contributed by atoms with Crippen molar-refractivity contribution in [1.29, 1.82) is 0 Å². The average molecular weight is 322 g/mol. The second-order valence-corrected chi connectivity index (χ2v) is 5.89. The number of thioether (sulfide) groups is 1. The zero-order valence-corrected chi connectivity index (χ0v) is 12.6. The predicted octanol–water partition coefficient (Wildman–Crippen LogP) is 1.84. The standard InChI is InChI=1S/C14H14N2O5S/c1-2-16-13(19)11(6-12(17)18)22-14(16)15-8-3-4-9-10(5-8)21-7-20-9/h3-5,11H,2,6-7H2,1H3,(H,17,18). The van der Waals surface area contributed by atoms with Gasteiger partial charge >= 0.3 is 5.97 Å². The number of carboxylic acids is 1. The monoisotopic (exact) mass is 322 g/mol. The molecule has 1 saturated heterocycles. The van der Waals surface area contributed by atoms with Crippen LogP contribution in [0, 0.1) is 0 Å². The Labute approximate surface area is 130 Å². The lowest BCUT2D eigenvalue weighted by atomic mass is 10.2. The van der Waals surface area contributed by atoms with E-state index in [0.29, 0.717) is 28.9 Å². The number of amides is 1. The number of amidine groups is 1. The van der Waals surface area contributed by atoms with Gasteiger partial charge in [0.05, 0.1) is 12.1 Å². The fourth-order valence-electron chi connectivity index (χ4n) is 2.24. The van der Waals surface area contributed by atoms with Crippen LogP contribution in [0.15, 0.2) is 23.2 Å². The molecule has 2 aliphatic heterocycles. The molecular formula is C14H14N2O5S. The highest BCUT2D eigenvalue weighted by molar-refractivity contribution is 8.15. The largest absolute Gasteiger partial charge is 0.481 e. The van der Waals surface area contributed by atoms with Gasteiger partial charge in [-0.15, -0.1) is 0 Å². The fraction of sp³-hybridized carbons (Fsp3) is 0.357. The van der Waals surface area contributed by atoms with Gasteiger partial charge < -0.3 is 14.6 Å². The molecular weight excluding hydrogens is 308 g/mol. The number of carboxylic acid groups (broad SMARTS) is 1. The van der Waals surface area contributed by atoms with Crippen LogP contribution in [-0.2, 0) is 9.59 Å². The molecule has 0 saturated carbocycles. The number of aliphatic carboxylic acids is 1. The quantitative estimate of drug-likeness (QED) is 0.910. The SMILES string of the molecule is CCN1C(=O)C(CC(=O)O)SC1=Nc1ccc2c(c1)OCO2. The molecule has 1 amide bonds. The molecule has 1 aromatic carbocycles. The molecule has 116 valence electrons. The molecule has 2 aliphatic rings. The third kappa shape index (κ3) is 2.74. The van der Waals surface area contributed by atoms with Crippen molar-refractivity contribution in [2.75, 3.05) is 13.3 Å². The molecule has 7 nitrogen and oxygen atoms in total. The van der Waals surface area contributed by atoms with Crippen LogP contribution in [0.4, 0.5) is 5.69 Å². The molecule has 1 atom stereocenters. The summed E-state index contributed by atoms with van der Waals surface area (Å²) in [6.07, 6.45) is -0.208. The van der Waals surface area contributed by atoms with Gasteiger partial charge in [-0.05, 0) is 19.1 Å². The predicted molar refractivity (Wildman–Crippen MR) is 80.7 cm³/mol. The zero-order valence-electron chi connectivity index (χ0n) is 11.8. The van der Waals surface area contributed by atoms with Crippen LogP contribution in [0.5, 0.6) is 11.5 Å². The lowest BCUT2D eigenvalue weighted by Gasteiger charge is -2.13. The molecule has 22 heavy (non-hydrogen) atoms. The van der Waals surface area contributed by atoms with Crippen molar-refractivity contribution >= 4 is 34.5 Å². The first-order valence-electron chi connectivity index (χ1n) is 6.76. The zero-order chi connectivity index (χ0) is 15.7. The van der Waals surface area contributed by atoms with Crippen LogP contribution in [-0.4, -0.2) is 45.6 Å². The van der Waals surface area contributed by atoms with Crippen molar-refractivity contribution < 1.29 is 24.2 Å². The molecule has 3 rings (SSSR count). The van der Waals surface area contributed by atoms with Gasteiger partial charge in [0, 0.05) is 12.6 Å². The maximum atomic E-state index is 12.2. The smallest absolute Gasteiger partial charge is 0.305 e. The van der Waals surface area contributed by atoms with Gasteiger partial charge in [0.1, 0.15) is 5.25 Å². The van der Waals surface area contributed by atoms with Gasteiger partial charge in [-0.25, -0.2) is 4.99 Å². The number of rotatable bonds is 4. The van der Waals surface area contributed by atoms with Crippen LogP contribution in [0.3, 0.4) is 0 Å². The van der Waals surface area contributed by atoms with Gasteiger partial charge in [-0.1, -0.05) is 11.8 Å². The van der Waals surface area contributed by atoms with Crippen molar-refractivity contribution in [2.45, 2.75) is 18.6 Å². The van der Waals surface area contributed by atoms with Gasteiger partial charge in [0.25, 0.3) is 0 Å². The number of benzene rings is 1. The highest BCUT2D eigenvalue weighted by Crippen LogP contribution is 2.37. The minimum absolute atomic E-state index is 0.185. The lowest BCUT2D eigenvalue weighted by molar-refractivity contribution is -0.139. The van der Waals surface area contributed by atoms with E-state index in [1.165, 1.54) is 16.7 Å². The highest BCUT2D eigenvalue weighted by Gasteiger charge is 2.38. The van der Waals surface area contributed by atoms with Crippen molar-refractivity contribution in [3.63, 3.8) is 0 Å². The molecule has 0 aliphatic carbocycles.